The van der Waals surface area contributed by atoms with Crippen molar-refractivity contribution in [2.75, 3.05) is 0 Å². The van der Waals surface area contributed by atoms with Crippen LogP contribution in [0.25, 0.3) is 0 Å². The molecule has 0 N–H and O–H groups in total. The summed E-state index contributed by atoms with van der Waals surface area (Å²) in [5, 5.41) is 4.10. The van der Waals surface area contributed by atoms with Crippen LogP contribution in [0.1, 0.15) is 74.8 Å². The van der Waals surface area contributed by atoms with Crippen LogP contribution in [0, 0.1) is 0 Å². The van der Waals surface area contributed by atoms with E-state index >= 15 is 0 Å². The van der Waals surface area contributed by atoms with Gasteiger partial charge in [-0.05, 0) is 49.7 Å². The van der Waals surface area contributed by atoms with Crippen LogP contribution in [0.4, 0.5) is 0 Å². The first kappa shape index (κ1) is 14.4. The summed E-state index contributed by atoms with van der Waals surface area (Å²) >= 11 is 0. The van der Waals surface area contributed by atoms with Crippen molar-refractivity contribution in [3.8, 4) is 0 Å². The second kappa shape index (κ2) is 7.44. The molecule has 0 unspecified atom stereocenters. The minimum atomic E-state index is 0.673. The minimum Gasteiger partial charge on any atom is -0.361 e. The normalized spacial score (nSPS) is 20.5. The zero-order valence-corrected chi connectivity index (χ0v) is 12.7. The molecule has 0 atom stereocenters. The molecule has 0 aliphatic heterocycles. The summed E-state index contributed by atoms with van der Waals surface area (Å²) in [4.78, 5) is 5.50. The average molecular weight is 282 g/mol. The lowest BCUT2D eigenvalue weighted by Gasteiger charge is -2.23. The van der Waals surface area contributed by atoms with Gasteiger partial charge in [0.15, 0.2) is 0 Å². The highest BCUT2D eigenvalue weighted by Gasteiger charge is 2.17. The maximum atomic E-state index is 5.50. The molecular weight excluding hydrogens is 258 g/mol. The zero-order valence-electron chi connectivity index (χ0n) is 12.7. The van der Waals surface area contributed by atoms with Crippen molar-refractivity contribution < 1.29 is 4.84 Å². The van der Waals surface area contributed by atoms with Gasteiger partial charge in [0.2, 0.25) is 0 Å². The van der Waals surface area contributed by atoms with Crippen LogP contribution in [-0.2, 0) is 4.84 Å². The molecule has 1 radical (unpaired) electrons. The van der Waals surface area contributed by atoms with Crippen LogP contribution in [-0.4, -0.2) is 6.21 Å². The quantitative estimate of drug-likeness (QED) is 0.533. The molecule has 0 spiro atoms. The summed E-state index contributed by atoms with van der Waals surface area (Å²) in [7, 11) is 0. The van der Waals surface area contributed by atoms with Gasteiger partial charge in [-0.25, -0.2) is 0 Å². The molecule has 21 heavy (non-hydrogen) atoms. The predicted octanol–water partition coefficient (Wildman–Crippen LogP) is 5.42. The number of nitrogens with zero attached hydrogens (tertiary/aromatic N) is 1. The van der Waals surface area contributed by atoms with Gasteiger partial charge in [-0.15, -0.1) is 0 Å². The number of hydrogen-bond acceptors (Lipinski definition) is 2. The van der Waals surface area contributed by atoms with Crippen LogP contribution >= 0.6 is 0 Å². The van der Waals surface area contributed by atoms with E-state index in [0.29, 0.717) is 5.92 Å². The van der Waals surface area contributed by atoms with Gasteiger partial charge in [0.25, 0.3) is 0 Å². The monoisotopic (exact) mass is 282 g/mol. The molecule has 0 saturated heterocycles. The lowest BCUT2D eigenvalue weighted by Crippen LogP contribution is -2.07. The van der Waals surface area contributed by atoms with Gasteiger partial charge in [-0.1, -0.05) is 48.7 Å². The SMILES string of the molecule is [C](=NOC1=CCCCC1)c1ccccc1C1CCCCC1. The Hall–Kier alpha value is -1.57. The first-order valence-corrected chi connectivity index (χ1v) is 8.34. The van der Waals surface area contributed by atoms with E-state index in [4.69, 9.17) is 4.84 Å². The zero-order chi connectivity index (χ0) is 14.3. The highest BCUT2D eigenvalue weighted by molar-refractivity contribution is 5.81. The van der Waals surface area contributed by atoms with E-state index in [2.05, 4.69) is 41.7 Å². The summed E-state index contributed by atoms with van der Waals surface area (Å²) in [6.45, 7) is 0. The van der Waals surface area contributed by atoms with Crippen LogP contribution in [0.5, 0.6) is 0 Å². The van der Waals surface area contributed by atoms with Gasteiger partial charge in [0, 0.05) is 12.0 Å². The number of allylic oxidation sites excluding steroid dienone is 2. The molecule has 1 aromatic carbocycles. The first-order chi connectivity index (χ1) is 10.4. The van der Waals surface area contributed by atoms with Crippen molar-refractivity contribution in [2.45, 2.75) is 63.7 Å². The van der Waals surface area contributed by atoms with E-state index in [1.54, 1.807) is 0 Å². The van der Waals surface area contributed by atoms with Crippen molar-refractivity contribution in [1.29, 1.82) is 0 Å². The molecule has 2 heteroatoms. The van der Waals surface area contributed by atoms with Gasteiger partial charge in [0.1, 0.15) is 12.0 Å². The number of hydrogen-bond donors (Lipinski definition) is 0. The van der Waals surface area contributed by atoms with Crippen LogP contribution < -0.4 is 0 Å². The van der Waals surface area contributed by atoms with Crippen LogP contribution in [0.15, 0.2) is 41.3 Å². The molecule has 3 rings (SSSR count). The second-order valence-electron chi connectivity index (χ2n) is 6.13. The molecule has 0 amide bonds. The Kier molecular flexibility index (Phi) is 5.09. The number of rotatable bonds is 4. The third-order valence-corrected chi connectivity index (χ3v) is 4.58. The lowest BCUT2D eigenvalue weighted by atomic mass is 9.82. The maximum Gasteiger partial charge on any atom is 0.140 e. The van der Waals surface area contributed by atoms with E-state index in [0.717, 1.165) is 24.2 Å². The van der Waals surface area contributed by atoms with Crippen molar-refractivity contribution in [2.24, 2.45) is 5.16 Å². The molecule has 1 aromatic rings. The van der Waals surface area contributed by atoms with E-state index in [-0.39, 0.29) is 0 Å². The fraction of sp³-hybridized carbons (Fsp3) is 0.526. The first-order valence-electron chi connectivity index (χ1n) is 8.34. The third-order valence-electron chi connectivity index (χ3n) is 4.58. The summed E-state index contributed by atoms with van der Waals surface area (Å²) in [6, 6.07) is 8.52. The van der Waals surface area contributed by atoms with E-state index in [9.17, 15) is 0 Å². The van der Waals surface area contributed by atoms with E-state index in [1.807, 2.05) is 0 Å². The fourth-order valence-corrected chi connectivity index (χ4v) is 3.39. The Bertz CT molecular complexity index is 512. The van der Waals surface area contributed by atoms with Crippen LogP contribution in [0.2, 0.25) is 0 Å². The highest BCUT2D eigenvalue weighted by atomic mass is 16.6. The number of benzene rings is 1. The Morgan fingerprint density at radius 3 is 2.67 bits per heavy atom. The van der Waals surface area contributed by atoms with E-state index < -0.39 is 0 Å². The van der Waals surface area contributed by atoms with Crippen molar-refractivity contribution in [3.63, 3.8) is 0 Å². The van der Waals surface area contributed by atoms with Crippen molar-refractivity contribution >= 4 is 6.21 Å². The largest absolute Gasteiger partial charge is 0.361 e. The Labute approximate surface area is 127 Å². The van der Waals surface area contributed by atoms with E-state index in [1.165, 1.54) is 50.5 Å². The molecule has 2 nitrogen and oxygen atoms in total. The summed E-state index contributed by atoms with van der Waals surface area (Å²) in [5.41, 5.74) is 2.49. The molecular formula is C19H24NO. The maximum absolute atomic E-state index is 5.50. The second-order valence-corrected chi connectivity index (χ2v) is 6.13. The minimum absolute atomic E-state index is 0.673. The molecule has 111 valence electrons. The average Bonchev–Trinajstić information content (AvgIpc) is 2.57. The fourth-order valence-electron chi connectivity index (χ4n) is 3.39. The van der Waals surface area contributed by atoms with Gasteiger partial charge >= 0.3 is 0 Å². The van der Waals surface area contributed by atoms with Gasteiger partial charge < -0.3 is 4.84 Å². The molecule has 0 heterocycles. The molecule has 2 aliphatic rings. The lowest BCUT2D eigenvalue weighted by molar-refractivity contribution is 0.210. The third kappa shape index (κ3) is 3.96. The summed E-state index contributed by atoms with van der Waals surface area (Å²) < 4.78 is 0. The van der Waals surface area contributed by atoms with Crippen LogP contribution in [0.3, 0.4) is 0 Å². The van der Waals surface area contributed by atoms with Gasteiger partial charge in [-0.2, -0.15) is 0 Å². The Morgan fingerprint density at radius 2 is 1.86 bits per heavy atom. The standard InChI is InChI=1S/C19H24NO/c1-3-9-16(10-4-1)19-14-8-7-11-17(19)15-20-21-18-12-5-2-6-13-18/h7-8,11-12,14,16H,1-6,9-10,13H2. The molecule has 1 fully saturated rings. The van der Waals surface area contributed by atoms with Gasteiger partial charge in [0.05, 0.1) is 0 Å². The summed E-state index contributed by atoms with van der Waals surface area (Å²) in [5.74, 6) is 1.68. The molecule has 2 aliphatic carbocycles. The molecule has 0 bridgehead atoms. The molecule has 0 aromatic heterocycles. The topological polar surface area (TPSA) is 21.6 Å². The van der Waals surface area contributed by atoms with Gasteiger partial charge in [-0.3, -0.25) is 0 Å². The summed E-state index contributed by atoms with van der Waals surface area (Å²) in [6.07, 6.45) is 16.5. The smallest absolute Gasteiger partial charge is 0.140 e. The Morgan fingerprint density at radius 1 is 1.00 bits per heavy atom. The highest BCUT2D eigenvalue weighted by Crippen LogP contribution is 2.33. The Balaban J connectivity index is 1.68. The predicted molar refractivity (Wildman–Crippen MR) is 86.4 cm³/mol. The molecule has 1 saturated carbocycles. The van der Waals surface area contributed by atoms with Crippen molar-refractivity contribution in [1.82, 2.24) is 0 Å². The van der Waals surface area contributed by atoms with Crippen molar-refractivity contribution in [3.05, 3.63) is 47.2 Å².